The highest BCUT2D eigenvalue weighted by Crippen LogP contribution is 2.32. The molecule has 0 amide bonds. The molecule has 0 aliphatic heterocycles. The van der Waals surface area contributed by atoms with Crippen LogP contribution in [0.25, 0.3) is 10.8 Å². The molecular weight excluding hydrogens is 270 g/mol. The molecule has 0 bridgehead atoms. The van der Waals surface area contributed by atoms with E-state index in [1.165, 1.54) is 6.07 Å². The normalized spacial score (nSPS) is 22.3. The molecule has 1 heterocycles. The molecule has 2 aromatic rings. The van der Waals surface area contributed by atoms with Crippen molar-refractivity contribution in [3.05, 3.63) is 40.8 Å². The van der Waals surface area contributed by atoms with Gasteiger partial charge in [-0.15, -0.1) is 0 Å². The van der Waals surface area contributed by atoms with Gasteiger partial charge in [0, 0.05) is 17.6 Å². The number of aromatic hydroxyl groups is 1. The highest BCUT2D eigenvalue weighted by molar-refractivity contribution is 5.82. The monoisotopic (exact) mass is 287 g/mol. The number of hydrogen-bond donors (Lipinski definition) is 2. The molecule has 110 valence electrons. The molecule has 1 aliphatic carbocycles. The fourth-order valence-electron chi connectivity index (χ4n) is 3.14. The number of hydrogen-bond acceptors (Lipinski definition) is 3. The lowest BCUT2D eigenvalue weighted by molar-refractivity contribution is -0.143. The zero-order chi connectivity index (χ0) is 15.0. The van der Waals surface area contributed by atoms with Crippen molar-refractivity contribution in [2.45, 2.75) is 31.7 Å². The number of aromatic nitrogens is 1. The van der Waals surface area contributed by atoms with Crippen molar-refractivity contribution in [2.24, 2.45) is 5.92 Å². The second-order valence-electron chi connectivity index (χ2n) is 5.64. The van der Waals surface area contributed by atoms with Crippen LogP contribution in [0.3, 0.4) is 0 Å². The van der Waals surface area contributed by atoms with Gasteiger partial charge < -0.3 is 14.8 Å². The molecule has 1 aliphatic rings. The summed E-state index contributed by atoms with van der Waals surface area (Å²) in [7, 11) is 0. The summed E-state index contributed by atoms with van der Waals surface area (Å²) in [4.78, 5) is 23.5. The first kappa shape index (κ1) is 13.7. The Balaban J connectivity index is 1.92. The molecule has 1 aromatic carbocycles. The molecule has 21 heavy (non-hydrogen) atoms. The van der Waals surface area contributed by atoms with Gasteiger partial charge in [0.25, 0.3) is 5.56 Å². The Hall–Kier alpha value is -2.30. The molecular formula is C16H17NO4. The molecule has 3 rings (SSSR count). The van der Waals surface area contributed by atoms with Crippen molar-refractivity contribution in [1.29, 1.82) is 0 Å². The Morgan fingerprint density at radius 1 is 1.14 bits per heavy atom. The first-order chi connectivity index (χ1) is 10.1. The third kappa shape index (κ3) is 2.51. The van der Waals surface area contributed by atoms with Crippen molar-refractivity contribution in [1.82, 2.24) is 4.57 Å². The van der Waals surface area contributed by atoms with E-state index in [1.54, 1.807) is 22.9 Å². The van der Waals surface area contributed by atoms with Crippen LogP contribution in [0.2, 0.25) is 0 Å². The van der Waals surface area contributed by atoms with E-state index in [9.17, 15) is 14.7 Å². The van der Waals surface area contributed by atoms with Crippen molar-refractivity contribution in [3.8, 4) is 5.75 Å². The Morgan fingerprint density at radius 2 is 1.86 bits per heavy atom. The molecule has 1 fully saturated rings. The van der Waals surface area contributed by atoms with Crippen LogP contribution in [0.15, 0.2) is 35.3 Å². The van der Waals surface area contributed by atoms with Gasteiger partial charge in [-0.3, -0.25) is 9.59 Å². The Kier molecular flexibility index (Phi) is 3.41. The van der Waals surface area contributed by atoms with E-state index in [0.717, 1.165) is 5.39 Å². The summed E-state index contributed by atoms with van der Waals surface area (Å²) < 4.78 is 1.71. The van der Waals surface area contributed by atoms with Gasteiger partial charge in [-0.05, 0) is 55.3 Å². The topological polar surface area (TPSA) is 79.5 Å². The fourth-order valence-corrected chi connectivity index (χ4v) is 3.14. The molecule has 5 heteroatoms. The molecule has 1 aromatic heterocycles. The number of aliphatic carboxylic acids is 1. The molecule has 5 nitrogen and oxygen atoms in total. The zero-order valence-corrected chi connectivity index (χ0v) is 11.5. The average Bonchev–Trinajstić information content (AvgIpc) is 2.47. The van der Waals surface area contributed by atoms with Crippen molar-refractivity contribution >= 4 is 16.7 Å². The van der Waals surface area contributed by atoms with E-state index in [2.05, 4.69) is 0 Å². The second kappa shape index (κ2) is 5.24. The van der Waals surface area contributed by atoms with Gasteiger partial charge in [0.1, 0.15) is 5.75 Å². The van der Waals surface area contributed by atoms with Crippen LogP contribution in [-0.4, -0.2) is 20.7 Å². The predicted octanol–water partition coefficient (Wildman–Crippen LogP) is 2.52. The summed E-state index contributed by atoms with van der Waals surface area (Å²) in [5.74, 6) is -0.884. The lowest BCUT2D eigenvalue weighted by Crippen LogP contribution is -2.29. The number of pyridine rings is 1. The first-order valence-electron chi connectivity index (χ1n) is 7.13. The third-order valence-corrected chi connectivity index (χ3v) is 4.35. The van der Waals surface area contributed by atoms with Crippen molar-refractivity contribution in [3.63, 3.8) is 0 Å². The molecule has 1 saturated carbocycles. The molecule has 0 saturated heterocycles. The van der Waals surface area contributed by atoms with E-state index in [-0.39, 0.29) is 23.3 Å². The number of carboxylic acids is 1. The quantitative estimate of drug-likeness (QED) is 0.889. The lowest BCUT2D eigenvalue weighted by Gasteiger charge is -2.27. The van der Waals surface area contributed by atoms with E-state index < -0.39 is 5.97 Å². The predicted molar refractivity (Wildman–Crippen MR) is 78.5 cm³/mol. The summed E-state index contributed by atoms with van der Waals surface area (Å²) in [5, 5.41) is 19.8. The number of rotatable bonds is 2. The molecule has 0 atom stereocenters. The highest BCUT2D eigenvalue weighted by atomic mass is 16.4. The third-order valence-electron chi connectivity index (χ3n) is 4.35. The number of fused-ring (bicyclic) bond motifs is 1. The van der Waals surface area contributed by atoms with Crippen LogP contribution >= 0.6 is 0 Å². The van der Waals surface area contributed by atoms with Gasteiger partial charge in [0.2, 0.25) is 0 Å². The van der Waals surface area contributed by atoms with Gasteiger partial charge in [-0.25, -0.2) is 0 Å². The number of phenolic OH excluding ortho intramolecular Hbond substituents is 1. The van der Waals surface area contributed by atoms with Crippen molar-refractivity contribution in [2.75, 3.05) is 0 Å². The van der Waals surface area contributed by atoms with Gasteiger partial charge >= 0.3 is 5.97 Å². The summed E-state index contributed by atoms with van der Waals surface area (Å²) in [5.41, 5.74) is -0.0775. The molecule has 0 spiro atoms. The number of carbonyl (C=O) groups is 1. The molecule has 0 unspecified atom stereocenters. The molecule has 2 N–H and O–H groups in total. The number of benzene rings is 1. The van der Waals surface area contributed by atoms with Crippen LogP contribution in [0.1, 0.15) is 31.7 Å². The largest absolute Gasteiger partial charge is 0.508 e. The van der Waals surface area contributed by atoms with Crippen LogP contribution in [-0.2, 0) is 4.79 Å². The Bertz CT molecular complexity index is 742. The summed E-state index contributed by atoms with van der Waals surface area (Å²) in [6.07, 6.45) is 4.39. The maximum atomic E-state index is 12.5. The highest BCUT2D eigenvalue weighted by Gasteiger charge is 2.27. The minimum Gasteiger partial charge on any atom is -0.508 e. The number of nitrogens with zero attached hydrogens (tertiary/aromatic N) is 1. The second-order valence-corrected chi connectivity index (χ2v) is 5.64. The van der Waals surface area contributed by atoms with Crippen LogP contribution in [0.5, 0.6) is 5.75 Å². The summed E-state index contributed by atoms with van der Waals surface area (Å²) in [6, 6.07) is 6.59. The standard InChI is InChI=1S/C16H17NO4/c18-13-5-6-14-11(9-13)7-8-17(15(14)19)12-3-1-10(2-4-12)16(20)21/h5-10,12,18H,1-4H2,(H,20,21)/t10-,12-. The maximum Gasteiger partial charge on any atom is 0.306 e. The van der Waals surface area contributed by atoms with E-state index in [4.69, 9.17) is 5.11 Å². The summed E-state index contributed by atoms with van der Waals surface area (Å²) >= 11 is 0. The van der Waals surface area contributed by atoms with Gasteiger partial charge in [0.15, 0.2) is 0 Å². The van der Waals surface area contributed by atoms with E-state index >= 15 is 0 Å². The first-order valence-corrected chi connectivity index (χ1v) is 7.13. The smallest absolute Gasteiger partial charge is 0.306 e. The van der Waals surface area contributed by atoms with Gasteiger partial charge in [0.05, 0.1) is 5.92 Å². The fraction of sp³-hybridized carbons (Fsp3) is 0.375. The number of phenols is 1. The van der Waals surface area contributed by atoms with Crippen LogP contribution in [0, 0.1) is 5.92 Å². The summed E-state index contributed by atoms with van der Waals surface area (Å²) in [6.45, 7) is 0. The minimum absolute atomic E-state index is 0.0614. The maximum absolute atomic E-state index is 12.5. The zero-order valence-electron chi connectivity index (χ0n) is 11.5. The SMILES string of the molecule is O=c1c2ccc(O)cc2ccn1[C@H]1CC[C@H](C(=O)O)CC1. The Labute approximate surface area is 121 Å². The lowest BCUT2D eigenvalue weighted by atomic mass is 9.86. The van der Waals surface area contributed by atoms with Crippen molar-refractivity contribution < 1.29 is 15.0 Å². The minimum atomic E-state index is -0.741. The number of carboxylic acid groups (broad SMARTS) is 1. The van der Waals surface area contributed by atoms with Crippen LogP contribution < -0.4 is 5.56 Å². The van der Waals surface area contributed by atoms with E-state index in [1.807, 2.05) is 6.07 Å². The van der Waals surface area contributed by atoms with Gasteiger partial charge in [-0.1, -0.05) is 0 Å². The van der Waals surface area contributed by atoms with Gasteiger partial charge in [-0.2, -0.15) is 0 Å². The molecule has 0 radical (unpaired) electrons. The van der Waals surface area contributed by atoms with Crippen LogP contribution in [0.4, 0.5) is 0 Å². The average molecular weight is 287 g/mol. The Morgan fingerprint density at radius 3 is 2.52 bits per heavy atom. The van der Waals surface area contributed by atoms with E-state index in [0.29, 0.717) is 31.1 Å².